The monoisotopic (exact) mass is 238 g/mol. The Balaban J connectivity index is 3.04. The van der Waals surface area contributed by atoms with E-state index in [1.54, 1.807) is 19.2 Å². The van der Waals surface area contributed by atoms with Gasteiger partial charge in [-0.15, -0.1) is 0 Å². The Morgan fingerprint density at radius 1 is 1.41 bits per heavy atom. The second-order valence-electron chi connectivity index (χ2n) is 4.21. The zero-order valence-electron chi connectivity index (χ0n) is 10.6. The molecule has 0 radical (unpaired) electrons. The van der Waals surface area contributed by atoms with Crippen molar-refractivity contribution in [1.82, 2.24) is 0 Å². The molecule has 0 aromatic heterocycles. The van der Waals surface area contributed by atoms with Gasteiger partial charge in [0.05, 0.1) is 11.5 Å². The highest BCUT2D eigenvalue weighted by molar-refractivity contribution is 5.64. The molecular weight excluding hydrogens is 220 g/mol. The number of hydrogen-bond acceptors (Lipinski definition) is 4. The molecule has 1 N–H and O–H groups in total. The van der Waals surface area contributed by atoms with Crippen molar-refractivity contribution in [2.45, 2.75) is 26.8 Å². The van der Waals surface area contributed by atoms with Crippen molar-refractivity contribution < 1.29 is 9.66 Å². The number of rotatable bonds is 5. The third kappa shape index (κ3) is 3.42. The fraction of sp³-hybridized carbons (Fsp3) is 0.500. The van der Waals surface area contributed by atoms with Gasteiger partial charge in [0.2, 0.25) is 0 Å². The number of methoxy groups -OCH3 is 1. The molecule has 17 heavy (non-hydrogen) atoms. The summed E-state index contributed by atoms with van der Waals surface area (Å²) in [6, 6.07) is 3.43. The third-order valence-electron chi connectivity index (χ3n) is 2.63. The average molecular weight is 238 g/mol. The van der Waals surface area contributed by atoms with Crippen molar-refractivity contribution in [3.05, 3.63) is 33.4 Å². The molecule has 0 saturated heterocycles. The largest absolute Gasteiger partial charge is 0.383 e. The summed E-state index contributed by atoms with van der Waals surface area (Å²) in [5.41, 5.74) is 2.60. The van der Waals surface area contributed by atoms with Gasteiger partial charge in [-0.1, -0.05) is 0 Å². The van der Waals surface area contributed by atoms with Gasteiger partial charge in [0, 0.05) is 19.2 Å². The van der Waals surface area contributed by atoms with Gasteiger partial charge in [0.1, 0.15) is 5.69 Å². The van der Waals surface area contributed by atoms with Crippen molar-refractivity contribution >= 4 is 11.4 Å². The van der Waals surface area contributed by atoms with Gasteiger partial charge in [-0.3, -0.25) is 10.1 Å². The van der Waals surface area contributed by atoms with E-state index in [0.29, 0.717) is 12.3 Å². The Labute approximate surface area is 101 Å². The highest BCUT2D eigenvalue weighted by Gasteiger charge is 2.16. The summed E-state index contributed by atoms with van der Waals surface area (Å²) >= 11 is 0. The first kappa shape index (κ1) is 13.4. The summed E-state index contributed by atoms with van der Waals surface area (Å²) in [7, 11) is 1.60. The molecule has 0 saturated carbocycles. The normalized spacial score (nSPS) is 12.2. The van der Waals surface area contributed by atoms with Crippen LogP contribution >= 0.6 is 0 Å². The predicted molar refractivity (Wildman–Crippen MR) is 67.5 cm³/mol. The van der Waals surface area contributed by atoms with Crippen molar-refractivity contribution in [2.75, 3.05) is 19.0 Å². The van der Waals surface area contributed by atoms with Crippen molar-refractivity contribution in [3.8, 4) is 0 Å². The Bertz CT molecular complexity index is 418. The second-order valence-corrected chi connectivity index (χ2v) is 4.21. The van der Waals surface area contributed by atoms with Gasteiger partial charge >= 0.3 is 0 Å². The lowest BCUT2D eigenvalue weighted by Gasteiger charge is -2.15. The molecule has 1 aromatic carbocycles. The number of hydrogen-bond donors (Lipinski definition) is 1. The molecule has 1 aromatic rings. The molecule has 0 aliphatic heterocycles. The Hall–Kier alpha value is -1.62. The zero-order chi connectivity index (χ0) is 13.0. The highest BCUT2D eigenvalue weighted by Crippen LogP contribution is 2.28. The first-order valence-corrected chi connectivity index (χ1v) is 5.46. The standard InChI is InChI=1S/C12H18N2O3/c1-8-5-11(13-10(3)7-17-4)12(14(15)16)6-9(8)2/h5-6,10,13H,7H2,1-4H3. The third-order valence-corrected chi connectivity index (χ3v) is 2.63. The molecule has 0 aliphatic rings. The molecule has 94 valence electrons. The molecule has 0 aliphatic carbocycles. The van der Waals surface area contributed by atoms with Crippen LogP contribution in [0.25, 0.3) is 0 Å². The van der Waals surface area contributed by atoms with Crippen molar-refractivity contribution in [3.63, 3.8) is 0 Å². The lowest BCUT2D eigenvalue weighted by Crippen LogP contribution is -2.21. The fourth-order valence-corrected chi connectivity index (χ4v) is 1.62. The van der Waals surface area contributed by atoms with Gasteiger partial charge in [-0.25, -0.2) is 0 Å². The number of nitro groups is 1. The molecule has 0 amide bonds. The molecule has 0 fully saturated rings. The quantitative estimate of drug-likeness (QED) is 0.632. The fourth-order valence-electron chi connectivity index (χ4n) is 1.62. The Morgan fingerprint density at radius 3 is 2.53 bits per heavy atom. The number of aryl methyl sites for hydroxylation is 2. The predicted octanol–water partition coefficient (Wildman–Crippen LogP) is 2.66. The topological polar surface area (TPSA) is 64.4 Å². The van der Waals surface area contributed by atoms with E-state index in [4.69, 9.17) is 4.74 Å². The molecule has 0 bridgehead atoms. The average Bonchev–Trinajstić information content (AvgIpc) is 2.23. The van der Waals surface area contributed by atoms with Gasteiger partial charge < -0.3 is 10.1 Å². The maximum absolute atomic E-state index is 11.0. The smallest absolute Gasteiger partial charge is 0.292 e. The molecular formula is C12H18N2O3. The van der Waals surface area contributed by atoms with Crippen molar-refractivity contribution in [2.24, 2.45) is 0 Å². The van der Waals surface area contributed by atoms with Crippen LogP contribution in [-0.4, -0.2) is 24.7 Å². The first-order valence-electron chi connectivity index (χ1n) is 5.46. The summed E-state index contributed by atoms with van der Waals surface area (Å²) in [6.45, 7) is 6.22. The summed E-state index contributed by atoms with van der Waals surface area (Å²) in [6.07, 6.45) is 0. The van der Waals surface area contributed by atoms with Crippen LogP contribution < -0.4 is 5.32 Å². The van der Waals surface area contributed by atoms with E-state index in [0.717, 1.165) is 11.1 Å². The molecule has 1 rings (SSSR count). The number of ether oxygens (including phenoxy) is 1. The van der Waals surface area contributed by atoms with Gasteiger partial charge in [-0.2, -0.15) is 0 Å². The van der Waals surface area contributed by atoms with E-state index in [1.807, 2.05) is 20.8 Å². The number of nitrogens with one attached hydrogen (secondary N) is 1. The van der Waals surface area contributed by atoms with Crippen LogP contribution in [0.15, 0.2) is 12.1 Å². The van der Waals surface area contributed by atoms with Crippen LogP contribution in [0.4, 0.5) is 11.4 Å². The second kappa shape index (κ2) is 5.63. The highest BCUT2D eigenvalue weighted by atomic mass is 16.6. The lowest BCUT2D eigenvalue weighted by molar-refractivity contribution is -0.384. The number of nitro benzene ring substituents is 1. The van der Waals surface area contributed by atoms with E-state index in [9.17, 15) is 10.1 Å². The number of nitrogens with zero attached hydrogens (tertiary/aromatic N) is 1. The van der Waals surface area contributed by atoms with E-state index < -0.39 is 0 Å². The van der Waals surface area contributed by atoms with Gasteiger partial charge in [-0.05, 0) is 38.0 Å². The number of benzene rings is 1. The zero-order valence-corrected chi connectivity index (χ0v) is 10.6. The van der Waals surface area contributed by atoms with Crippen LogP contribution in [-0.2, 0) is 4.74 Å². The minimum Gasteiger partial charge on any atom is -0.383 e. The summed E-state index contributed by atoms with van der Waals surface area (Å²) < 4.78 is 5.00. The van der Waals surface area contributed by atoms with E-state index in [2.05, 4.69) is 5.32 Å². The SMILES string of the molecule is COCC(C)Nc1cc(C)c(C)cc1[N+](=O)[O-]. The van der Waals surface area contributed by atoms with E-state index in [1.165, 1.54) is 0 Å². The maximum atomic E-state index is 11.0. The van der Waals surface area contributed by atoms with Crippen LogP contribution in [0, 0.1) is 24.0 Å². The molecule has 1 atom stereocenters. The van der Waals surface area contributed by atoms with E-state index >= 15 is 0 Å². The van der Waals surface area contributed by atoms with Crippen LogP contribution in [0.5, 0.6) is 0 Å². The molecule has 5 heteroatoms. The summed E-state index contributed by atoms with van der Waals surface area (Å²) in [5.74, 6) is 0. The maximum Gasteiger partial charge on any atom is 0.292 e. The molecule has 5 nitrogen and oxygen atoms in total. The lowest BCUT2D eigenvalue weighted by atomic mass is 10.1. The molecule has 0 spiro atoms. The molecule has 0 heterocycles. The minimum absolute atomic E-state index is 0.0285. The van der Waals surface area contributed by atoms with E-state index in [-0.39, 0.29) is 16.7 Å². The molecule has 1 unspecified atom stereocenters. The van der Waals surface area contributed by atoms with Crippen molar-refractivity contribution in [1.29, 1.82) is 0 Å². The van der Waals surface area contributed by atoms with Gasteiger partial charge in [0.25, 0.3) is 5.69 Å². The first-order chi connectivity index (χ1) is 7.95. The summed E-state index contributed by atoms with van der Waals surface area (Å²) in [5, 5.41) is 14.1. The Kier molecular flexibility index (Phi) is 4.45. The summed E-state index contributed by atoms with van der Waals surface area (Å²) in [4.78, 5) is 10.6. The Morgan fingerprint density at radius 2 is 2.00 bits per heavy atom. The van der Waals surface area contributed by atoms with Gasteiger partial charge in [0.15, 0.2) is 0 Å². The van der Waals surface area contributed by atoms with Crippen LogP contribution in [0.2, 0.25) is 0 Å². The number of anilines is 1. The van der Waals surface area contributed by atoms with Crippen LogP contribution in [0.1, 0.15) is 18.1 Å². The van der Waals surface area contributed by atoms with Crippen LogP contribution in [0.3, 0.4) is 0 Å². The minimum atomic E-state index is -0.367.